The van der Waals surface area contributed by atoms with Crippen LogP contribution in [0, 0.1) is 0 Å². The van der Waals surface area contributed by atoms with Crippen molar-refractivity contribution in [2.45, 2.75) is 44.6 Å². The normalized spacial score (nSPS) is 23.6. The number of nitrogens with zero attached hydrogens (tertiary/aromatic N) is 5. The molecule has 3 aliphatic heterocycles. The monoisotopic (exact) mass is 511 g/mol. The maximum Gasteiger partial charge on any atom is 0.228 e. The van der Waals surface area contributed by atoms with Gasteiger partial charge >= 0.3 is 0 Å². The molecule has 192 valence electrons. The molecule has 2 unspecified atom stereocenters. The molecule has 2 bridgehead atoms. The van der Waals surface area contributed by atoms with Crippen molar-refractivity contribution in [3.8, 4) is 17.0 Å². The highest BCUT2D eigenvalue weighted by Gasteiger charge is 2.35. The molecule has 0 spiro atoms. The van der Waals surface area contributed by atoms with Crippen molar-refractivity contribution in [2.24, 2.45) is 0 Å². The Kier molecular flexibility index (Phi) is 7.21. The molecule has 0 amide bonds. The zero-order valence-corrected chi connectivity index (χ0v) is 21.7. The van der Waals surface area contributed by atoms with Gasteiger partial charge in [-0.2, -0.15) is 18.5 Å². The van der Waals surface area contributed by atoms with Gasteiger partial charge in [-0.05, 0) is 44.0 Å². The van der Waals surface area contributed by atoms with Crippen LogP contribution in [0.2, 0.25) is 0 Å². The molecule has 2 aromatic heterocycles. The number of methoxy groups -OCH3 is 1. The minimum atomic E-state index is -0.102. The highest BCUT2D eigenvalue weighted by atomic mass is 32.1. The van der Waals surface area contributed by atoms with Crippen molar-refractivity contribution in [2.75, 3.05) is 49.8 Å². The third-order valence-corrected chi connectivity index (χ3v) is 7.26. The Bertz CT molecular complexity index is 1230. The van der Waals surface area contributed by atoms with Crippen LogP contribution in [0.3, 0.4) is 0 Å². The zero-order valence-electron chi connectivity index (χ0n) is 20.7. The number of rotatable bonds is 5. The van der Waals surface area contributed by atoms with Crippen LogP contribution in [0.15, 0.2) is 30.5 Å². The first kappa shape index (κ1) is 25.0. The molecule has 1 aromatic carbocycles. The number of morpholine rings is 2. The Morgan fingerprint density at radius 2 is 1.94 bits per heavy atom. The first-order chi connectivity index (χ1) is 17.1. The molecule has 0 aliphatic carbocycles. The summed E-state index contributed by atoms with van der Waals surface area (Å²) in [6.07, 6.45) is 4.60. The second-order valence-electron chi connectivity index (χ2n) is 9.60. The molecule has 3 saturated heterocycles. The van der Waals surface area contributed by atoms with Crippen molar-refractivity contribution >= 4 is 36.2 Å². The molecule has 3 aliphatic rings. The van der Waals surface area contributed by atoms with E-state index < -0.39 is 0 Å². The summed E-state index contributed by atoms with van der Waals surface area (Å²) in [4.78, 5) is 19.5. The second-order valence-corrected chi connectivity index (χ2v) is 9.60. The second kappa shape index (κ2) is 10.4. The zero-order chi connectivity index (χ0) is 23.9. The average molecular weight is 512 g/mol. The fourth-order valence-electron chi connectivity index (χ4n) is 5.40. The van der Waals surface area contributed by atoms with E-state index in [1.165, 1.54) is 0 Å². The van der Waals surface area contributed by atoms with E-state index in [1.54, 1.807) is 7.11 Å². The Balaban J connectivity index is 0.00000267. The third kappa shape index (κ3) is 4.58. The number of anilines is 2. The van der Waals surface area contributed by atoms with E-state index in [0.29, 0.717) is 19.0 Å². The molecular formula is C26H33N5O4S. The lowest BCUT2D eigenvalue weighted by atomic mass is 10.1. The molecule has 5 heterocycles. The standard InChI is InChI=1S/C26H31N5O4.H2S/c1-16-15-34-8-7-31(16)26-28-23-10-22(17-3-6-24(33-2)18(9-17)14-32)27-11-21(23)25(29-26)30-12-19-4-5-20(13-30)35-19;/h3,6,9-11,16,19-20,32H,4-5,7-8,12-15H2,1-2H3;1H2/t16-,19?,20?;/m0./s1. The summed E-state index contributed by atoms with van der Waals surface area (Å²) in [6.45, 7) is 5.80. The summed E-state index contributed by atoms with van der Waals surface area (Å²) < 4.78 is 17.1. The molecule has 6 rings (SSSR count). The molecule has 0 saturated carbocycles. The Morgan fingerprint density at radius 3 is 2.67 bits per heavy atom. The van der Waals surface area contributed by atoms with Gasteiger partial charge in [-0.3, -0.25) is 4.98 Å². The third-order valence-electron chi connectivity index (χ3n) is 7.26. The highest BCUT2D eigenvalue weighted by Crippen LogP contribution is 2.35. The number of pyridine rings is 1. The Morgan fingerprint density at radius 1 is 1.14 bits per heavy atom. The van der Waals surface area contributed by atoms with Crippen LogP contribution >= 0.6 is 13.5 Å². The van der Waals surface area contributed by atoms with Gasteiger partial charge in [-0.15, -0.1) is 0 Å². The molecule has 3 aromatic rings. The van der Waals surface area contributed by atoms with Crippen molar-refractivity contribution in [1.29, 1.82) is 0 Å². The van der Waals surface area contributed by atoms with E-state index in [0.717, 1.165) is 72.0 Å². The van der Waals surface area contributed by atoms with Gasteiger partial charge in [-0.25, -0.2) is 4.98 Å². The maximum absolute atomic E-state index is 9.77. The number of aliphatic hydroxyl groups is 1. The quantitative estimate of drug-likeness (QED) is 0.555. The van der Waals surface area contributed by atoms with E-state index in [4.69, 9.17) is 29.2 Å². The van der Waals surface area contributed by atoms with Crippen LogP contribution in [0.1, 0.15) is 25.3 Å². The molecule has 10 heteroatoms. The van der Waals surface area contributed by atoms with Gasteiger partial charge in [0.05, 0.1) is 61.8 Å². The van der Waals surface area contributed by atoms with Crippen molar-refractivity contribution in [3.05, 3.63) is 36.0 Å². The van der Waals surface area contributed by atoms with E-state index in [1.807, 2.05) is 30.5 Å². The molecule has 36 heavy (non-hydrogen) atoms. The predicted molar refractivity (Wildman–Crippen MR) is 143 cm³/mol. The largest absolute Gasteiger partial charge is 0.496 e. The van der Waals surface area contributed by atoms with Gasteiger partial charge in [-0.1, -0.05) is 0 Å². The SMILES string of the molecule is COc1ccc(-c2cc3nc(N4CCOC[C@@H]4C)nc(N4CC5CCC(C4)O5)c3cn2)cc1CO.S. The summed E-state index contributed by atoms with van der Waals surface area (Å²) in [7, 11) is 1.60. The smallest absolute Gasteiger partial charge is 0.228 e. The highest BCUT2D eigenvalue weighted by molar-refractivity contribution is 7.59. The number of aliphatic hydroxyl groups excluding tert-OH is 1. The lowest BCUT2D eigenvalue weighted by molar-refractivity contribution is 0.0303. The lowest BCUT2D eigenvalue weighted by Gasteiger charge is -2.36. The minimum absolute atomic E-state index is 0. The van der Waals surface area contributed by atoms with Crippen LogP contribution in [0.4, 0.5) is 11.8 Å². The molecule has 1 N–H and O–H groups in total. The predicted octanol–water partition coefficient (Wildman–Crippen LogP) is 2.90. The van der Waals surface area contributed by atoms with Gasteiger partial charge in [0, 0.05) is 37.0 Å². The lowest BCUT2D eigenvalue weighted by Crippen LogP contribution is -2.45. The molecule has 3 atom stereocenters. The number of aromatic nitrogens is 3. The van der Waals surface area contributed by atoms with Crippen LogP contribution < -0.4 is 14.5 Å². The summed E-state index contributed by atoms with van der Waals surface area (Å²) in [5.41, 5.74) is 3.28. The van der Waals surface area contributed by atoms with Gasteiger partial charge < -0.3 is 29.1 Å². The van der Waals surface area contributed by atoms with Crippen molar-refractivity contribution in [1.82, 2.24) is 15.0 Å². The van der Waals surface area contributed by atoms with E-state index in [9.17, 15) is 5.11 Å². The first-order valence-electron chi connectivity index (χ1n) is 12.3. The Hall–Kier alpha value is -2.66. The fraction of sp³-hybridized carbons (Fsp3) is 0.500. The van der Waals surface area contributed by atoms with Crippen molar-refractivity contribution in [3.63, 3.8) is 0 Å². The molecular weight excluding hydrogens is 478 g/mol. The summed E-state index contributed by atoms with van der Waals surface area (Å²) >= 11 is 0. The van der Waals surface area contributed by atoms with E-state index in [2.05, 4.69) is 16.7 Å². The fourth-order valence-corrected chi connectivity index (χ4v) is 5.40. The number of hydrogen-bond acceptors (Lipinski definition) is 9. The first-order valence-corrected chi connectivity index (χ1v) is 12.3. The minimum Gasteiger partial charge on any atom is -0.496 e. The number of fused-ring (bicyclic) bond motifs is 3. The molecule has 9 nitrogen and oxygen atoms in total. The number of benzene rings is 1. The van der Waals surface area contributed by atoms with Gasteiger partial charge in [0.15, 0.2) is 0 Å². The van der Waals surface area contributed by atoms with Crippen molar-refractivity contribution < 1.29 is 19.3 Å². The summed E-state index contributed by atoms with van der Waals surface area (Å²) in [5.74, 6) is 2.31. The van der Waals surface area contributed by atoms with Crippen LogP contribution in [-0.4, -0.2) is 78.3 Å². The summed E-state index contributed by atoms with van der Waals surface area (Å²) in [6, 6.07) is 7.96. The van der Waals surface area contributed by atoms with Gasteiger partial charge in [0.2, 0.25) is 5.95 Å². The topological polar surface area (TPSA) is 93.1 Å². The summed E-state index contributed by atoms with van der Waals surface area (Å²) in [5, 5.41) is 10.7. The Labute approximate surface area is 217 Å². The number of hydrogen-bond donors (Lipinski definition) is 1. The van der Waals surface area contributed by atoms with Gasteiger partial charge in [0.1, 0.15) is 11.6 Å². The van der Waals surface area contributed by atoms with Crippen LogP contribution in [0.25, 0.3) is 22.2 Å². The molecule has 3 fully saturated rings. The number of ether oxygens (including phenoxy) is 3. The van der Waals surface area contributed by atoms with E-state index >= 15 is 0 Å². The van der Waals surface area contributed by atoms with Gasteiger partial charge in [0.25, 0.3) is 0 Å². The average Bonchev–Trinajstić information content (AvgIpc) is 3.24. The maximum atomic E-state index is 9.77. The van der Waals surface area contributed by atoms with Crippen LogP contribution in [0.5, 0.6) is 5.75 Å². The molecule has 0 radical (unpaired) electrons. The van der Waals surface area contributed by atoms with Crippen LogP contribution in [-0.2, 0) is 16.1 Å². The van der Waals surface area contributed by atoms with E-state index in [-0.39, 0.29) is 38.4 Å².